The summed E-state index contributed by atoms with van der Waals surface area (Å²) in [6.07, 6.45) is 0. The van der Waals surface area contributed by atoms with Crippen molar-refractivity contribution in [2.45, 2.75) is 23.6 Å². The molecule has 0 unspecified atom stereocenters. The van der Waals surface area contributed by atoms with Crippen LogP contribution >= 0.6 is 11.8 Å². The first-order valence-electron chi connectivity index (χ1n) is 5.79. The van der Waals surface area contributed by atoms with Gasteiger partial charge in [0.2, 0.25) is 0 Å². The fourth-order valence-electron chi connectivity index (χ4n) is 1.70. The second kappa shape index (κ2) is 5.36. The average Bonchev–Trinajstić information content (AvgIpc) is 2.36. The van der Waals surface area contributed by atoms with E-state index in [0.717, 1.165) is 10.6 Å². The van der Waals surface area contributed by atoms with Crippen LogP contribution in [0.4, 0.5) is 5.69 Å². The molecule has 0 aromatic heterocycles. The minimum absolute atomic E-state index is 0.669. The number of aryl methyl sites for hydroxylation is 2. The average molecular weight is 259 g/mol. The maximum atomic E-state index is 5.81. The zero-order valence-electron chi connectivity index (χ0n) is 10.9. The summed E-state index contributed by atoms with van der Waals surface area (Å²) in [7, 11) is 1.64. The molecular weight excluding hydrogens is 242 g/mol. The van der Waals surface area contributed by atoms with Crippen LogP contribution in [0.1, 0.15) is 11.1 Å². The third kappa shape index (κ3) is 2.79. The normalized spacial score (nSPS) is 10.4. The van der Waals surface area contributed by atoms with Crippen molar-refractivity contribution in [2.75, 3.05) is 12.8 Å². The molecule has 2 rings (SSSR count). The Kier molecular flexibility index (Phi) is 3.82. The molecule has 94 valence electrons. The predicted octanol–water partition coefficient (Wildman–Crippen LogP) is 4.05. The van der Waals surface area contributed by atoms with Crippen molar-refractivity contribution in [2.24, 2.45) is 0 Å². The van der Waals surface area contributed by atoms with Crippen LogP contribution in [0.2, 0.25) is 0 Å². The van der Waals surface area contributed by atoms with Crippen molar-refractivity contribution in [1.29, 1.82) is 0 Å². The Morgan fingerprint density at radius 3 is 2.56 bits per heavy atom. The molecule has 0 saturated carbocycles. The third-order valence-electron chi connectivity index (χ3n) is 2.78. The summed E-state index contributed by atoms with van der Waals surface area (Å²) in [5, 5.41) is 0. The van der Waals surface area contributed by atoms with E-state index in [1.54, 1.807) is 18.9 Å². The van der Waals surface area contributed by atoms with E-state index >= 15 is 0 Å². The molecule has 0 atom stereocenters. The second-order valence-electron chi connectivity index (χ2n) is 4.27. The molecule has 0 saturated heterocycles. The highest BCUT2D eigenvalue weighted by Gasteiger charge is 2.05. The highest BCUT2D eigenvalue weighted by Crippen LogP contribution is 2.34. The second-order valence-corrected chi connectivity index (χ2v) is 5.39. The van der Waals surface area contributed by atoms with Crippen LogP contribution < -0.4 is 10.5 Å². The standard InChI is InChI=1S/C15H17NOS/c1-10-4-5-11(2)15(8-10)18-12-6-7-13(16)14(9-12)17-3/h4-9H,16H2,1-3H3. The van der Waals surface area contributed by atoms with Crippen LogP contribution in [-0.2, 0) is 0 Å². The van der Waals surface area contributed by atoms with Crippen LogP contribution in [0.3, 0.4) is 0 Å². The highest BCUT2D eigenvalue weighted by atomic mass is 32.2. The SMILES string of the molecule is COc1cc(Sc2cc(C)ccc2C)ccc1N. The molecule has 2 aromatic carbocycles. The molecular formula is C15H17NOS. The first-order valence-corrected chi connectivity index (χ1v) is 6.60. The van der Waals surface area contributed by atoms with Crippen LogP contribution in [0.15, 0.2) is 46.2 Å². The molecule has 0 aliphatic carbocycles. The lowest BCUT2D eigenvalue weighted by atomic mass is 10.2. The van der Waals surface area contributed by atoms with Gasteiger partial charge in [-0.3, -0.25) is 0 Å². The Hall–Kier alpha value is -1.61. The number of hydrogen-bond acceptors (Lipinski definition) is 3. The topological polar surface area (TPSA) is 35.2 Å². The first-order chi connectivity index (χ1) is 8.60. The van der Waals surface area contributed by atoms with E-state index in [4.69, 9.17) is 10.5 Å². The summed E-state index contributed by atoms with van der Waals surface area (Å²) < 4.78 is 5.24. The van der Waals surface area contributed by atoms with E-state index in [2.05, 4.69) is 32.0 Å². The van der Waals surface area contributed by atoms with E-state index in [1.165, 1.54) is 16.0 Å². The summed E-state index contributed by atoms with van der Waals surface area (Å²) >= 11 is 1.73. The summed E-state index contributed by atoms with van der Waals surface area (Å²) in [4.78, 5) is 2.40. The molecule has 2 aromatic rings. The lowest BCUT2D eigenvalue weighted by molar-refractivity contribution is 0.416. The number of ether oxygens (including phenoxy) is 1. The lowest BCUT2D eigenvalue weighted by Crippen LogP contribution is -1.92. The molecule has 18 heavy (non-hydrogen) atoms. The van der Waals surface area contributed by atoms with E-state index in [0.29, 0.717) is 5.69 Å². The lowest BCUT2D eigenvalue weighted by Gasteiger charge is -2.09. The molecule has 2 nitrogen and oxygen atoms in total. The number of hydrogen-bond donors (Lipinski definition) is 1. The summed E-state index contributed by atoms with van der Waals surface area (Å²) in [6, 6.07) is 12.3. The van der Waals surface area contributed by atoms with Gasteiger partial charge in [-0.25, -0.2) is 0 Å². The molecule has 0 heterocycles. The van der Waals surface area contributed by atoms with E-state index in [1.807, 2.05) is 18.2 Å². The van der Waals surface area contributed by atoms with Crippen molar-refractivity contribution in [3.8, 4) is 5.75 Å². The number of anilines is 1. The van der Waals surface area contributed by atoms with Gasteiger partial charge in [-0.2, -0.15) is 0 Å². The number of methoxy groups -OCH3 is 1. The third-order valence-corrected chi connectivity index (χ3v) is 3.93. The zero-order chi connectivity index (χ0) is 13.1. The number of nitrogens with two attached hydrogens (primary N) is 1. The molecule has 0 bridgehead atoms. The van der Waals surface area contributed by atoms with Crippen LogP contribution in [0.25, 0.3) is 0 Å². The van der Waals surface area contributed by atoms with Crippen molar-refractivity contribution in [3.05, 3.63) is 47.5 Å². The Balaban J connectivity index is 2.31. The Bertz CT molecular complexity index is 566. The minimum Gasteiger partial charge on any atom is -0.495 e. The van der Waals surface area contributed by atoms with Gasteiger partial charge >= 0.3 is 0 Å². The molecule has 3 heteroatoms. The summed E-state index contributed by atoms with van der Waals surface area (Å²) in [5.41, 5.74) is 9.03. The van der Waals surface area contributed by atoms with Crippen molar-refractivity contribution in [3.63, 3.8) is 0 Å². The Morgan fingerprint density at radius 2 is 1.83 bits per heavy atom. The maximum absolute atomic E-state index is 5.81. The van der Waals surface area contributed by atoms with Gasteiger partial charge in [0.1, 0.15) is 5.75 Å². The van der Waals surface area contributed by atoms with E-state index < -0.39 is 0 Å². The van der Waals surface area contributed by atoms with Crippen LogP contribution in [0.5, 0.6) is 5.75 Å². The van der Waals surface area contributed by atoms with Gasteiger partial charge in [0.15, 0.2) is 0 Å². The van der Waals surface area contributed by atoms with Gasteiger partial charge in [0, 0.05) is 9.79 Å². The van der Waals surface area contributed by atoms with Gasteiger partial charge in [0.25, 0.3) is 0 Å². The van der Waals surface area contributed by atoms with Gasteiger partial charge in [-0.05, 0) is 49.2 Å². The van der Waals surface area contributed by atoms with Gasteiger partial charge in [-0.15, -0.1) is 0 Å². The molecule has 0 radical (unpaired) electrons. The van der Waals surface area contributed by atoms with Crippen molar-refractivity contribution >= 4 is 17.4 Å². The Labute approximate surface area is 112 Å². The monoisotopic (exact) mass is 259 g/mol. The van der Waals surface area contributed by atoms with Crippen LogP contribution in [0, 0.1) is 13.8 Å². The summed E-state index contributed by atoms with van der Waals surface area (Å²) in [6.45, 7) is 4.23. The van der Waals surface area contributed by atoms with Gasteiger partial charge in [-0.1, -0.05) is 23.9 Å². The predicted molar refractivity (Wildman–Crippen MR) is 77.4 cm³/mol. The molecule has 0 aliphatic heterocycles. The smallest absolute Gasteiger partial charge is 0.142 e. The van der Waals surface area contributed by atoms with Crippen molar-refractivity contribution in [1.82, 2.24) is 0 Å². The van der Waals surface area contributed by atoms with Gasteiger partial charge < -0.3 is 10.5 Å². The first kappa shape index (κ1) is 12.8. The largest absolute Gasteiger partial charge is 0.495 e. The van der Waals surface area contributed by atoms with E-state index in [9.17, 15) is 0 Å². The zero-order valence-corrected chi connectivity index (χ0v) is 11.7. The summed E-state index contributed by atoms with van der Waals surface area (Å²) in [5.74, 6) is 0.727. The van der Waals surface area contributed by atoms with Gasteiger partial charge in [0.05, 0.1) is 12.8 Å². The fourth-order valence-corrected chi connectivity index (χ4v) is 2.73. The van der Waals surface area contributed by atoms with E-state index in [-0.39, 0.29) is 0 Å². The molecule has 0 spiro atoms. The Morgan fingerprint density at radius 1 is 1.06 bits per heavy atom. The molecule has 0 aliphatic rings. The van der Waals surface area contributed by atoms with Crippen LogP contribution in [-0.4, -0.2) is 7.11 Å². The number of nitrogen functional groups attached to an aromatic ring is 1. The number of rotatable bonds is 3. The molecule has 0 fully saturated rings. The number of benzene rings is 2. The maximum Gasteiger partial charge on any atom is 0.142 e. The molecule has 2 N–H and O–H groups in total. The fraction of sp³-hybridized carbons (Fsp3) is 0.200. The highest BCUT2D eigenvalue weighted by molar-refractivity contribution is 7.99. The van der Waals surface area contributed by atoms with Crippen molar-refractivity contribution < 1.29 is 4.74 Å². The quantitative estimate of drug-likeness (QED) is 0.845. The minimum atomic E-state index is 0.669. The molecule has 0 amide bonds.